The van der Waals surface area contributed by atoms with Crippen LogP contribution in [0.5, 0.6) is 11.5 Å². The lowest BCUT2D eigenvalue weighted by molar-refractivity contribution is 0.309. The molecule has 0 amide bonds. The van der Waals surface area contributed by atoms with Gasteiger partial charge in [0.2, 0.25) is 0 Å². The lowest BCUT2D eigenvalue weighted by Crippen LogP contribution is -2.10. The molecule has 0 heterocycles. The molecule has 3 nitrogen and oxygen atoms in total. The standard InChI is InChI=1S/C28H33NO2/c1-3-5-19-30-26-13-9-12-24(21-26)28(27(4-2)22-10-7-6-8-11-22)23-14-16-25(17-15-23)31-20-18-29/h6-17,21H,3-5,18-20,29H2,1-2H3/b28-27+. The van der Waals surface area contributed by atoms with E-state index < -0.39 is 0 Å². The van der Waals surface area contributed by atoms with Gasteiger partial charge in [-0.15, -0.1) is 0 Å². The van der Waals surface area contributed by atoms with E-state index in [0.29, 0.717) is 13.2 Å². The largest absolute Gasteiger partial charge is 0.494 e. The van der Waals surface area contributed by atoms with E-state index in [-0.39, 0.29) is 0 Å². The second kappa shape index (κ2) is 12.0. The first-order chi connectivity index (χ1) is 15.3. The van der Waals surface area contributed by atoms with Gasteiger partial charge in [-0.25, -0.2) is 0 Å². The Hall–Kier alpha value is -3.04. The van der Waals surface area contributed by atoms with Crippen LogP contribution in [-0.4, -0.2) is 19.8 Å². The Balaban J connectivity index is 2.07. The number of unbranched alkanes of at least 4 members (excludes halogenated alkanes) is 1. The number of ether oxygens (including phenoxy) is 2. The lowest BCUT2D eigenvalue weighted by atomic mass is 9.88. The molecule has 0 fully saturated rings. The Kier molecular flexibility index (Phi) is 8.74. The van der Waals surface area contributed by atoms with Crippen molar-refractivity contribution in [1.82, 2.24) is 0 Å². The molecule has 0 bridgehead atoms. The maximum absolute atomic E-state index is 6.00. The van der Waals surface area contributed by atoms with Crippen LogP contribution in [0.2, 0.25) is 0 Å². The van der Waals surface area contributed by atoms with E-state index in [0.717, 1.165) is 48.5 Å². The first-order valence-electron chi connectivity index (χ1n) is 11.2. The summed E-state index contributed by atoms with van der Waals surface area (Å²) in [6.45, 7) is 6.15. The van der Waals surface area contributed by atoms with E-state index in [1.54, 1.807) is 0 Å². The summed E-state index contributed by atoms with van der Waals surface area (Å²) in [5.74, 6) is 1.75. The van der Waals surface area contributed by atoms with Crippen LogP contribution in [-0.2, 0) is 0 Å². The van der Waals surface area contributed by atoms with Gasteiger partial charge >= 0.3 is 0 Å². The minimum Gasteiger partial charge on any atom is -0.494 e. The average molecular weight is 416 g/mol. The summed E-state index contributed by atoms with van der Waals surface area (Å²) in [6, 6.07) is 27.3. The van der Waals surface area contributed by atoms with Crippen molar-refractivity contribution < 1.29 is 9.47 Å². The van der Waals surface area contributed by atoms with E-state index in [2.05, 4.69) is 74.5 Å². The Labute approximate surface area is 186 Å². The highest BCUT2D eigenvalue weighted by atomic mass is 16.5. The van der Waals surface area contributed by atoms with E-state index in [1.807, 2.05) is 18.2 Å². The highest BCUT2D eigenvalue weighted by Crippen LogP contribution is 2.36. The number of rotatable bonds is 11. The molecular formula is C28H33NO2. The van der Waals surface area contributed by atoms with Crippen LogP contribution in [0.4, 0.5) is 0 Å². The van der Waals surface area contributed by atoms with Crippen molar-refractivity contribution >= 4 is 11.1 Å². The van der Waals surface area contributed by atoms with Crippen molar-refractivity contribution in [2.45, 2.75) is 33.1 Å². The van der Waals surface area contributed by atoms with Gasteiger partial charge in [-0.05, 0) is 64.9 Å². The summed E-state index contributed by atoms with van der Waals surface area (Å²) in [7, 11) is 0. The van der Waals surface area contributed by atoms with E-state index in [1.165, 1.54) is 16.7 Å². The molecule has 0 aliphatic heterocycles. The first-order valence-corrected chi connectivity index (χ1v) is 11.2. The van der Waals surface area contributed by atoms with Gasteiger partial charge in [0.1, 0.15) is 18.1 Å². The van der Waals surface area contributed by atoms with Gasteiger partial charge in [-0.1, -0.05) is 74.9 Å². The van der Waals surface area contributed by atoms with Gasteiger partial charge < -0.3 is 15.2 Å². The van der Waals surface area contributed by atoms with Crippen LogP contribution in [0.3, 0.4) is 0 Å². The quantitative estimate of drug-likeness (QED) is 0.284. The number of hydrogen-bond acceptors (Lipinski definition) is 3. The molecule has 31 heavy (non-hydrogen) atoms. The molecule has 162 valence electrons. The zero-order valence-corrected chi connectivity index (χ0v) is 18.6. The van der Waals surface area contributed by atoms with E-state index >= 15 is 0 Å². The third-order valence-electron chi connectivity index (χ3n) is 5.20. The maximum atomic E-state index is 6.00. The molecule has 0 aliphatic rings. The van der Waals surface area contributed by atoms with Gasteiger partial charge in [0.15, 0.2) is 0 Å². The molecule has 3 rings (SSSR count). The lowest BCUT2D eigenvalue weighted by Gasteiger charge is -2.18. The van der Waals surface area contributed by atoms with Crippen LogP contribution < -0.4 is 15.2 Å². The van der Waals surface area contributed by atoms with Gasteiger partial charge in [0.25, 0.3) is 0 Å². The van der Waals surface area contributed by atoms with Gasteiger partial charge in [0.05, 0.1) is 6.61 Å². The Morgan fingerprint density at radius 1 is 0.710 bits per heavy atom. The second-order valence-corrected chi connectivity index (χ2v) is 7.46. The van der Waals surface area contributed by atoms with E-state index in [9.17, 15) is 0 Å². The Morgan fingerprint density at radius 3 is 2.10 bits per heavy atom. The fraction of sp³-hybridized carbons (Fsp3) is 0.286. The second-order valence-electron chi connectivity index (χ2n) is 7.46. The number of hydrogen-bond donors (Lipinski definition) is 1. The zero-order chi connectivity index (χ0) is 21.9. The summed E-state index contributed by atoms with van der Waals surface area (Å²) in [6.07, 6.45) is 3.10. The smallest absolute Gasteiger partial charge is 0.119 e. The minimum absolute atomic E-state index is 0.506. The number of benzene rings is 3. The fourth-order valence-corrected chi connectivity index (χ4v) is 3.65. The molecule has 0 radical (unpaired) electrons. The highest BCUT2D eigenvalue weighted by molar-refractivity contribution is 5.98. The Morgan fingerprint density at radius 2 is 1.42 bits per heavy atom. The van der Waals surface area contributed by atoms with Crippen molar-refractivity contribution in [3.63, 3.8) is 0 Å². The fourth-order valence-electron chi connectivity index (χ4n) is 3.65. The third kappa shape index (κ3) is 6.22. The van der Waals surface area contributed by atoms with Gasteiger partial charge in [0, 0.05) is 6.54 Å². The highest BCUT2D eigenvalue weighted by Gasteiger charge is 2.14. The molecule has 0 spiro atoms. The molecule has 0 unspecified atom stereocenters. The Bertz CT molecular complexity index is 962. The van der Waals surface area contributed by atoms with Crippen molar-refractivity contribution in [2.24, 2.45) is 5.73 Å². The summed E-state index contributed by atoms with van der Waals surface area (Å²) < 4.78 is 11.7. The summed E-state index contributed by atoms with van der Waals surface area (Å²) in [5.41, 5.74) is 11.6. The third-order valence-corrected chi connectivity index (χ3v) is 5.20. The predicted octanol–water partition coefficient (Wildman–Crippen LogP) is 6.57. The number of nitrogens with two attached hydrogens (primary N) is 1. The molecule has 0 saturated heterocycles. The molecule has 2 N–H and O–H groups in total. The van der Waals surface area contributed by atoms with Crippen molar-refractivity contribution in [3.8, 4) is 11.5 Å². The number of allylic oxidation sites excluding steroid dienone is 1. The molecule has 3 aromatic carbocycles. The van der Waals surface area contributed by atoms with Gasteiger partial charge in [-0.3, -0.25) is 0 Å². The normalized spacial score (nSPS) is 11.7. The van der Waals surface area contributed by atoms with Gasteiger partial charge in [-0.2, -0.15) is 0 Å². The van der Waals surface area contributed by atoms with Crippen molar-refractivity contribution in [2.75, 3.05) is 19.8 Å². The molecule has 0 aliphatic carbocycles. The molecule has 3 heteroatoms. The van der Waals surface area contributed by atoms with Crippen LogP contribution >= 0.6 is 0 Å². The summed E-state index contributed by atoms with van der Waals surface area (Å²) in [4.78, 5) is 0. The SMILES string of the molecule is CCCCOc1cccc(/C(=C(\CC)c2ccccc2)c2ccc(OCCN)cc2)c1. The minimum atomic E-state index is 0.506. The molecule has 0 saturated carbocycles. The first kappa shape index (κ1) is 22.6. The van der Waals surface area contributed by atoms with Crippen LogP contribution in [0, 0.1) is 0 Å². The van der Waals surface area contributed by atoms with Crippen molar-refractivity contribution in [3.05, 3.63) is 95.6 Å². The monoisotopic (exact) mass is 415 g/mol. The maximum Gasteiger partial charge on any atom is 0.119 e. The zero-order valence-electron chi connectivity index (χ0n) is 18.6. The van der Waals surface area contributed by atoms with Crippen molar-refractivity contribution in [1.29, 1.82) is 0 Å². The molecular weight excluding hydrogens is 382 g/mol. The summed E-state index contributed by atoms with van der Waals surface area (Å²) >= 11 is 0. The molecule has 3 aromatic rings. The van der Waals surface area contributed by atoms with Crippen LogP contribution in [0.1, 0.15) is 49.8 Å². The van der Waals surface area contributed by atoms with Crippen LogP contribution in [0.25, 0.3) is 11.1 Å². The molecule has 0 atom stereocenters. The predicted molar refractivity (Wildman–Crippen MR) is 130 cm³/mol. The summed E-state index contributed by atoms with van der Waals surface area (Å²) in [5, 5.41) is 0. The van der Waals surface area contributed by atoms with Crippen LogP contribution in [0.15, 0.2) is 78.9 Å². The topological polar surface area (TPSA) is 44.5 Å². The van der Waals surface area contributed by atoms with E-state index in [4.69, 9.17) is 15.2 Å². The average Bonchev–Trinajstić information content (AvgIpc) is 2.82. The molecule has 0 aromatic heterocycles.